The largest absolute Gasteiger partial charge is 0.480 e. The van der Waals surface area contributed by atoms with Crippen LogP contribution in [0.2, 0.25) is 0 Å². The van der Waals surface area contributed by atoms with Crippen LogP contribution in [0.15, 0.2) is 24.3 Å². The summed E-state index contributed by atoms with van der Waals surface area (Å²) in [5.41, 5.74) is 1.50. The van der Waals surface area contributed by atoms with Crippen molar-refractivity contribution in [3.05, 3.63) is 29.8 Å². The number of hydrogen-bond acceptors (Lipinski definition) is 7. The fourth-order valence-corrected chi connectivity index (χ4v) is 4.46. The van der Waals surface area contributed by atoms with Crippen molar-refractivity contribution in [2.24, 2.45) is 5.92 Å². The first kappa shape index (κ1) is 31.5. The Balaban J connectivity index is 0.00000306. The number of benzene rings is 1. The van der Waals surface area contributed by atoms with Gasteiger partial charge in [-0.3, -0.25) is 24.6 Å². The van der Waals surface area contributed by atoms with E-state index in [0.29, 0.717) is 31.1 Å². The molecule has 1 fully saturated rings. The number of rotatable bonds is 11. The molecule has 0 unspecified atom stereocenters. The molecule has 11 heteroatoms. The number of amides is 1. The van der Waals surface area contributed by atoms with Gasteiger partial charge in [0.2, 0.25) is 5.91 Å². The van der Waals surface area contributed by atoms with Gasteiger partial charge in [0.25, 0.3) is 0 Å². The third kappa shape index (κ3) is 9.45. The molecule has 198 valence electrons. The highest BCUT2D eigenvalue weighted by molar-refractivity contribution is 8.93. The molecule has 35 heavy (non-hydrogen) atoms. The van der Waals surface area contributed by atoms with Crippen molar-refractivity contribution in [1.82, 2.24) is 10.6 Å². The van der Waals surface area contributed by atoms with Crippen LogP contribution in [0.25, 0.3) is 0 Å². The molecule has 0 aliphatic carbocycles. The summed E-state index contributed by atoms with van der Waals surface area (Å²) in [7, 11) is 0. The summed E-state index contributed by atoms with van der Waals surface area (Å²) in [6.45, 7) is 4.20. The number of carboxylic acids is 1. The van der Waals surface area contributed by atoms with E-state index in [9.17, 15) is 19.5 Å². The van der Waals surface area contributed by atoms with E-state index in [4.69, 9.17) is 9.47 Å². The summed E-state index contributed by atoms with van der Waals surface area (Å²) in [6, 6.07) is 5.77. The normalized spacial score (nSPS) is 18.9. The van der Waals surface area contributed by atoms with Crippen LogP contribution in [0.4, 0.5) is 5.69 Å². The standard InChI is InChI=1S/C24H35N3O6.2BrH/c1-2-33-24(31)20(16-32-14-11-17-9-12-25-13-10-17)26-19-8-7-18-5-3-4-6-21(18)27(23(19)30)15-22(28)29;;/h3-6,17,19-20,25-26H,2,7-16H2,1H3,(H,28,29);2*1H/t19-,20-;;/m0../s1. The van der Waals surface area contributed by atoms with Gasteiger partial charge in [0.05, 0.1) is 19.3 Å². The zero-order valence-corrected chi connectivity index (χ0v) is 23.5. The average molecular weight is 623 g/mol. The van der Waals surface area contributed by atoms with Crippen LogP contribution >= 0.6 is 34.0 Å². The summed E-state index contributed by atoms with van der Waals surface area (Å²) in [5, 5.41) is 15.8. The number of halogens is 2. The van der Waals surface area contributed by atoms with Crippen LogP contribution in [0.3, 0.4) is 0 Å². The molecule has 1 amide bonds. The van der Waals surface area contributed by atoms with Crippen LogP contribution < -0.4 is 15.5 Å². The second kappa shape index (κ2) is 16.3. The van der Waals surface area contributed by atoms with E-state index in [1.54, 1.807) is 19.1 Å². The summed E-state index contributed by atoms with van der Waals surface area (Å²) < 4.78 is 11.0. The maximum absolute atomic E-state index is 13.3. The van der Waals surface area contributed by atoms with Gasteiger partial charge in [0, 0.05) is 12.3 Å². The van der Waals surface area contributed by atoms with Crippen molar-refractivity contribution in [1.29, 1.82) is 0 Å². The van der Waals surface area contributed by atoms with Crippen molar-refractivity contribution in [3.8, 4) is 0 Å². The lowest BCUT2D eigenvalue weighted by Gasteiger charge is -2.27. The molecule has 0 aromatic heterocycles. The number of nitrogens with one attached hydrogen (secondary N) is 2. The third-order valence-corrected chi connectivity index (χ3v) is 6.23. The fraction of sp³-hybridized carbons (Fsp3) is 0.625. The molecule has 0 spiro atoms. The third-order valence-electron chi connectivity index (χ3n) is 6.23. The van der Waals surface area contributed by atoms with Gasteiger partial charge in [0.1, 0.15) is 12.6 Å². The predicted octanol–water partition coefficient (Wildman–Crippen LogP) is 2.50. The van der Waals surface area contributed by atoms with Crippen LogP contribution in [0.1, 0.15) is 38.2 Å². The molecule has 0 saturated carbocycles. The number of hydrogen-bond donors (Lipinski definition) is 3. The Morgan fingerprint density at radius 3 is 2.60 bits per heavy atom. The highest BCUT2D eigenvalue weighted by Crippen LogP contribution is 2.27. The molecule has 0 bridgehead atoms. The first-order valence-corrected chi connectivity index (χ1v) is 11.8. The number of nitrogens with zero attached hydrogens (tertiary/aromatic N) is 1. The average Bonchev–Trinajstić information content (AvgIpc) is 2.93. The maximum Gasteiger partial charge on any atom is 0.325 e. The van der Waals surface area contributed by atoms with Gasteiger partial charge >= 0.3 is 11.9 Å². The topological polar surface area (TPSA) is 117 Å². The Bertz CT molecular complexity index is 822. The summed E-state index contributed by atoms with van der Waals surface area (Å²) >= 11 is 0. The summed E-state index contributed by atoms with van der Waals surface area (Å²) in [5.74, 6) is -1.32. The number of para-hydroxylation sites is 1. The number of aryl methyl sites for hydroxylation is 1. The Morgan fingerprint density at radius 2 is 1.91 bits per heavy atom. The van der Waals surface area contributed by atoms with Gasteiger partial charge in [-0.15, -0.1) is 34.0 Å². The number of carbonyl (C=O) groups is 3. The van der Waals surface area contributed by atoms with E-state index in [1.807, 2.05) is 12.1 Å². The SMILES string of the molecule is Br.Br.CCOC(=O)[C@H](COCCC1CCNCC1)N[C@H]1CCc2ccccc2N(CC(=O)O)C1=O. The number of piperidine rings is 1. The number of esters is 1. The lowest BCUT2D eigenvalue weighted by molar-refractivity contribution is -0.148. The van der Waals surface area contributed by atoms with Crippen molar-refractivity contribution in [2.45, 2.75) is 51.1 Å². The number of ether oxygens (including phenoxy) is 2. The zero-order valence-electron chi connectivity index (χ0n) is 20.1. The quantitative estimate of drug-likeness (QED) is 0.255. The maximum atomic E-state index is 13.3. The first-order valence-electron chi connectivity index (χ1n) is 11.8. The van der Waals surface area contributed by atoms with Crippen molar-refractivity contribution < 1.29 is 29.0 Å². The molecule has 1 saturated heterocycles. The van der Waals surface area contributed by atoms with E-state index in [1.165, 1.54) is 4.90 Å². The van der Waals surface area contributed by atoms with E-state index in [0.717, 1.165) is 37.9 Å². The van der Waals surface area contributed by atoms with Gasteiger partial charge < -0.3 is 19.9 Å². The van der Waals surface area contributed by atoms with Gasteiger partial charge in [-0.2, -0.15) is 0 Å². The second-order valence-electron chi connectivity index (χ2n) is 8.57. The smallest absolute Gasteiger partial charge is 0.325 e. The Kier molecular flexibility index (Phi) is 14.6. The molecule has 3 rings (SSSR count). The van der Waals surface area contributed by atoms with Crippen LogP contribution in [-0.4, -0.2) is 74.5 Å². The number of fused-ring (bicyclic) bond motifs is 1. The molecule has 0 radical (unpaired) electrons. The monoisotopic (exact) mass is 621 g/mol. The van der Waals surface area contributed by atoms with Crippen molar-refractivity contribution >= 4 is 57.5 Å². The number of carbonyl (C=O) groups excluding carboxylic acids is 2. The zero-order chi connectivity index (χ0) is 23.6. The van der Waals surface area contributed by atoms with Gasteiger partial charge in [-0.25, -0.2) is 0 Å². The minimum Gasteiger partial charge on any atom is -0.480 e. The second-order valence-corrected chi connectivity index (χ2v) is 8.57. The molecule has 1 aromatic carbocycles. The van der Waals surface area contributed by atoms with E-state index in [2.05, 4.69) is 10.6 Å². The van der Waals surface area contributed by atoms with E-state index >= 15 is 0 Å². The Morgan fingerprint density at radius 1 is 1.20 bits per heavy atom. The number of carboxylic acid groups (broad SMARTS) is 1. The molecule has 2 aliphatic heterocycles. The minimum absolute atomic E-state index is 0. The predicted molar refractivity (Wildman–Crippen MR) is 144 cm³/mol. The lowest BCUT2D eigenvalue weighted by Crippen LogP contribution is -2.54. The number of anilines is 1. The van der Waals surface area contributed by atoms with Gasteiger partial charge in [0.15, 0.2) is 0 Å². The van der Waals surface area contributed by atoms with Crippen LogP contribution in [-0.2, 0) is 30.3 Å². The summed E-state index contributed by atoms with van der Waals surface area (Å²) in [4.78, 5) is 38.6. The van der Waals surface area contributed by atoms with Gasteiger partial charge in [-0.05, 0) is 69.7 Å². The molecule has 1 aromatic rings. The Hall–Kier alpha value is -1.53. The minimum atomic E-state index is -1.10. The molecular formula is C24H37Br2N3O6. The highest BCUT2D eigenvalue weighted by Gasteiger charge is 2.34. The molecule has 3 N–H and O–H groups in total. The molecular weight excluding hydrogens is 586 g/mol. The molecule has 9 nitrogen and oxygen atoms in total. The van der Waals surface area contributed by atoms with Crippen molar-refractivity contribution in [3.63, 3.8) is 0 Å². The summed E-state index contributed by atoms with van der Waals surface area (Å²) in [6.07, 6.45) is 4.21. The molecule has 2 aliphatic rings. The Labute approximate surface area is 227 Å². The molecule has 2 heterocycles. The van der Waals surface area contributed by atoms with Gasteiger partial charge in [-0.1, -0.05) is 18.2 Å². The van der Waals surface area contributed by atoms with Crippen molar-refractivity contribution in [2.75, 3.05) is 44.4 Å². The van der Waals surface area contributed by atoms with E-state index in [-0.39, 0.29) is 53.1 Å². The highest BCUT2D eigenvalue weighted by atomic mass is 79.9. The first-order chi connectivity index (χ1) is 16.0. The van der Waals surface area contributed by atoms with Crippen LogP contribution in [0.5, 0.6) is 0 Å². The van der Waals surface area contributed by atoms with E-state index < -0.39 is 30.6 Å². The number of aliphatic carboxylic acids is 1. The fourth-order valence-electron chi connectivity index (χ4n) is 4.46. The molecule has 2 atom stereocenters. The van der Waals surface area contributed by atoms with Crippen LogP contribution in [0, 0.1) is 5.92 Å². The lowest BCUT2D eigenvalue weighted by atomic mass is 9.95.